The molecular weight excluding hydrogens is 394 g/mol. The number of carbonyl (C=O) groups excluding carboxylic acids is 2. The fraction of sp³-hybridized carbons (Fsp3) is 0.238. The van der Waals surface area contributed by atoms with Crippen LogP contribution in [0.15, 0.2) is 47.5 Å². The quantitative estimate of drug-likeness (QED) is 0.348. The van der Waals surface area contributed by atoms with Crippen molar-refractivity contribution in [2.75, 3.05) is 18.6 Å². The van der Waals surface area contributed by atoms with E-state index >= 15 is 0 Å². The molecule has 150 valence electrons. The number of hydrogen-bond donors (Lipinski definition) is 0. The van der Waals surface area contributed by atoms with Gasteiger partial charge in [0.05, 0.1) is 17.7 Å². The second-order valence-corrected chi connectivity index (χ2v) is 7.09. The van der Waals surface area contributed by atoms with Crippen molar-refractivity contribution in [1.29, 1.82) is 0 Å². The van der Waals surface area contributed by atoms with Gasteiger partial charge in [-0.3, -0.25) is 14.0 Å². The Balaban J connectivity index is 2.22. The van der Waals surface area contributed by atoms with Crippen molar-refractivity contribution >= 4 is 40.9 Å². The largest absolute Gasteiger partial charge is 0.462 e. The zero-order valence-electron chi connectivity index (χ0n) is 16.3. The third kappa shape index (κ3) is 4.00. The van der Waals surface area contributed by atoms with Gasteiger partial charge in [-0.25, -0.2) is 9.78 Å². The highest BCUT2D eigenvalue weighted by Crippen LogP contribution is 2.31. The highest BCUT2D eigenvalue weighted by molar-refractivity contribution is 6.20. The number of nitrogens with zero attached hydrogens (tertiary/aromatic N) is 3. The van der Waals surface area contributed by atoms with Gasteiger partial charge in [0.2, 0.25) is 0 Å². The van der Waals surface area contributed by atoms with E-state index < -0.39 is 11.5 Å². The molecule has 8 heteroatoms. The maximum Gasteiger partial charge on any atom is 0.345 e. The van der Waals surface area contributed by atoms with Crippen molar-refractivity contribution in [3.63, 3.8) is 0 Å². The van der Waals surface area contributed by atoms with E-state index in [1.54, 1.807) is 44.3 Å². The van der Waals surface area contributed by atoms with Crippen molar-refractivity contribution in [1.82, 2.24) is 9.38 Å². The Morgan fingerprint density at radius 1 is 1.34 bits per heavy atom. The molecule has 0 fully saturated rings. The number of halogens is 1. The molecule has 1 aromatic carbocycles. The van der Waals surface area contributed by atoms with Gasteiger partial charge in [-0.2, -0.15) is 0 Å². The molecule has 29 heavy (non-hydrogen) atoms. The number of pyridine rings is 1. The van der Waals surface area contributed by atoms with E-state index in [1.807, 2.05) is 18.0 Å². The number of fused-ring (bicyclic) bond motifs is 1. The van der Waals surface area contributed by atoms with Crippen LogP contribution >= 0.6 is 11.6 Å². The monoisotopic (exact) mass is 413 g/mol. The lowest BCUT2D eigenvalue weighted by Gasteiger charge is -2.22. The van der Waals surface area contributed by atoms with Gasteiger partial charge < -0.3 is 9.64 Å². The van der Waals surface area contributed by atoms with Gasteiger partial charge in [-0.15, -0.1) is 11.6 Å². The Morgan fingerprint density at radius 2 is 2.03 bits per heavy atom. The lowest BCUT2D eigenvalue weighted by molar-refractivity contribution is 0.0523. The molecule has 0 spiro atoms. The minimum absolute atomic E-state index is 0.146. The maximum atomic E-state index is 12.9. The molecule has 0 aliphatic carbocycles. The van der Waals surface area contributed by atoms with Crippen LogP contribution in [-0.2, 0) is 4.74 Å². The number of esters is 1. The number of rotatable bonds is 6. The maximum absolute atomic E-state index is 12.9. The SMILES string of the molecule is CCOC(=O)c1cnc2c(N(C)c3ccc(C=O)cc3)cc(C(C)Cl)cn2c1=O. The number of hydrogen-bond acceptors (Lipinski definition) is 6. The summed E-state index contributed by atoms with van der Waals surface area (Å²) < 4.78 is 6.26. The molecule has 1 unspecified atom stereocenters. The van der Waals surface area contributed by atoms with Gasteiger partial charge in [0, 0.05) is 30.7 Å². The number of ether oxygens (including phenoxy) is 1. The van der Waals surface area contributed by atoms with Crippen molar-refractivity contribution in [3.05, 3.63) is 69.8 Å². The molecule has 0 radical (unpaired) electrons. The summed E-state index contributed by atoms with van der Waals surface area (Å²) in [6.45, 7) is 3.61. The number of carbonyl (C=O) groups is 2. The molecule has 1 atom stereocenters. The lowest BCUT2D eigenvalue weighted by Crippen LogP contribution is -2.26. The van der Waals surface area contributed by atoms with E-state index in [0.29, 0.717) is 22.5 Å². The topological polar surface area (TPSA) is 81.0 Å². The number of alkyl halides is 1. The Kier molecular flexibility index (Phi) is 5.98. The minimum atomic E-state index is -0.719. The van der Waals surface area contributed by atoms with Gasteiger partial charge in [0.1, 0.15) is 11.8 Å². The molecule has 3 rings (SSSR count). The number of anilines is 2. The minimum Gasteiger partial charge on any atom is -0.462 e. The summed E-state index contributed by atoms with van der Waals surface area (Å²) in [6.07, 6.45) is 3.58. The Morgan fingerprint density at radius 3 is 2.62 bits per heavy atom. The predicted octanol–water partition coefficient (Wildman–Crippen LogP) is 3.75. The summed E-state index contributed by atoms with van der Waals surface area (Å²) >= 11 is 6.29. The average Bonchev–Trinajstić information content (AvgIpc) is 2.73. The van der Waals surface area contributed by atoms with Crippen LogP contribution in [0.25, 0.3) is 5.65 Å². The van der Waals surface area contributed by atoms with Crippen LogP contribution in [0.2, 0.25) is 0 Å². The van der Waals surface area contributed by atoms with Crippen LogP contribution in [0.3, 0.4) is 0 Å². The van der Waals surface area contributed by atoms with Crippen LogP contribution in [0.1, 0.15) is 45.5 Å². The highest BCUT2D eigenvalue weighted by Gasteiger charge is 2.19. The molecule has 0 saturated carbocycles. The van der Waals surface area contributed by atoms with E-state index in [-0.39, 0.29) is 17.5 Å². The number of benzene rings is 1. The molecule has 0 aliphatic heterocycles. The Bertz CT molecular complexity index is 1120. The van der Waals surface area contributed by atoms with Crippen LogP contribution in [0, 0.1) is 0 Å². The molecule has 3 aromatic rings. The summed E-state index contributed by atoms with van der Waals surface area (Å²) in [4.78, 5) is 42.1. The van der Waals surface area contributed by atoms with Crippen LogP contribution in [0.5, 0.6) is 0 Å². The smallest absolute Gasteiger partial charge is 0.345 e. The second kappa shape index (κ2) is 8.45. The highest BCUT2D eigenvalue weighted by atomic mass is 35.5. The van der Waals surface area contributed by atoms with Crippen molar-refractivity contribution < 1.29 is 14.3 Å². The Hall–Kier alpha value is -3.19. The van der Waals surface area contributed by atoms with Crippen molar-refractivity contribution in [2.45, 2.75) is 19.2 Å². The average molecular weight is 414 g/mol. The van der Waals surface area contributed by atoms with E-state index in [2.05, 4.69) is 4.98 Å². The van der Waals surface area contributed by atoms with Crippen molar-refractivity contribution in [2.24, 2.45) is 0 Å². The van der Waals surface area contributed by atoms with Gasteiger partial charge in [-0.1, -0.05) is 0 Å². The first kappa shape index (κ1) is 20.5. The van der Waals surface area contributed by atoms with Gasteiger partial charge >= 0.3 is 5.97 Å². The summed E-state index contributed by atoms with van der Waals surface area (Å²) in [6, 6.07) is 8.84. The number of aldehydes is 1. The van der Waals surface area contributed by atoms with Gasteiger partial charge in [0.25, 0.3) is 5.56 Å². The summed E-state index contributed by atoms with van der Waals surface area (Å²) in [5, 5.41) is -0.373. The summed E-state index contributed by atoms with van der Waals surface area (Å²) in [5.41, 5.74) is 2.36. The fourth-order valence-electron chi connectivity index (χ4n) is 2.92. The molecule has 0 bridgehead atoms. The normalized spacial score (nSPS) is 11.9. The standard InChI is InChI=1S/C21H20ClN3O4/c1-4-29-21(28)17-10-23-19-18(9-15(13(2)22)11-25(19)20(17)27)24(3)16-7-5-14(12-26)6-8-16/h5-13H,4H2,1-3H3. The van der Waals surface area contributed by atoms with Crippen LogP contribution in [0.4, 0.5) is 11.4 Å². The molecule has 0 N–H and O–H groups in total. The van der Waals surface area contributed by atoms with E-state index in [1.165, 1.54) is 10.6 Å². The molecule has 2 heterocycles. The van der Waals surface area contributed by atoms with Gasteiger partial charge in [-0.05, 0) is 49.7 Å². The first-order valence-corrected chi connectivity index (χ1v) is 9.46. The third-order valence-electron chi connectivity index (χ3n) is 4.54. The zero-order chi connectivity index (χ0) is 21.1. The number of aromatic nitrogens is 2. The molecule has 0 saturated heterocycles. The second-order valence-electron chi connectivity index (χ2n) is 6.43. The summed E-state index contributed by atoms with van der Waals surface area (Å²) in [7, 11) is 1.82. The molecule has 2 aromatic heterocycles. The molecule has 7 nitrogen and oxygen atoms in total. The lowest BCUT2D eigenvalue weighted by atomic mass is 10.1. The first-order chi connectivity index (χ1) is 13.9. The van der Waals surface area contributed by atoms with E-state index in [9.17, 15) is 14.4 Å². The summed E-state index contributed by atoms with van der Waals surface area (Å²) in [5.74, 6) is -0.719. The van der Waals surface area contributed by atoms with Crippen LogP contribution < -0.4 is 10.5 Å². The predicted molar refractivity (Wildman–Crippen MR) is 112 cm³/mol. The molecule has 0 amide bonds. The Labute approximate surface area is 172 Å². The van der Waals surface area contributed by atoms with E-state index in [0.717, 1.165) is 12.0 Å². The third-order valence-corrected chi connectivity index (χ3v) is 4.79. The van der Waals surface area contributed by atoms with Gasteiger partial charge in [0.15, 0.2) is 5.65 Å². The first-order valence-electron chi connectivity index (χ1n) is 9.02. The fourth-order valence-corrected chi connectivity index (χ4v) is 3.04. The van der Waals surface area contributed by atoms with Crippen LogP contribution in [-0.4, -0.2) is 35.3 Å². The molecular formula is C21H20ClN3O4. The zero-order valence-corrected chi connectivity index (χ0v) is 17.0. The van der Waals surface area contributed by atoms with E-state index in [4.69, 9.17) is 16.3 Å². The molecule has 0 aliphatic rings. The van der Waals surface area contributed by atoms with Crippen molar-refractivity contribution in [3.8, 4) is 0 Å².